The van der Waals surface area contributed by atoms with E-state index in [-0.39, 0.29) is 32.1 Å². The lowest BCUT2D eigenvalue weighted by Gasteiger charge is -2.15. The van der Waals surface area contributed by atoms with Gasteiger partial charge < -0.3 is 9.50 Å². The third-order valence-corrected chi connectivity index (χ3v) is 8.09. The van der Waals surface area contributed by atoms with Crippen LogP contribution in [-0.4, -0.2) is 28.4 Å². The van der Waals surface area contributed by atoms with Crippen LogP contribution in [0.2, 0.25) is 10.0 Å². The van der Waals surface area contributed by atoms with Crippen LogP contribution in [0.1, 0.15) is 5.56 Å². The van der Waals surface area contributed by atoms with Gasteiger partial charge in [-0.3, -0.25) is 4.55 Å². The Balaban J connectivity index is 1.96. The van der Waals surface area contributed by atoms with E-state index in [2.05, 4.69) is 15.5 Å². The highest BCUT2D eigenvalue weighted by molar-refractivity contribution is 7.87. The summed E-state index contributed by atoms with van der Waals surface area (Å²) in [7, 11) is -7.49. The van der Waals surface area contributed by atoms with E-state index in [9.17, 15) is 21.4 Å². The number of nitrogens with one attached hydrogen (secondary N) is 1. The first-order valence-corrected chi connectivity index (χ1v) is 14.1. The van der Waals surface area contributed by atoms with Gasteiger partial charge in [0.25, 0.3) is 10.1 Å². The summed E-state index contributed by atoms with van der Waals surface area (Å²) < 4.78 is 65.2. The Labute approximate surface area is 223 Å². The molecule has 4 rings (SSSR count). The van der Waals surface area contributed by atoms with Gasteiger partial charge in [-0.05, 0) is 54.8 Å². The molecule has 0 amide bonds. The molecule has 0 saturated heterocycles. The maximum atomic E-state index is 13.1. The topological polar surface area (TPSA) is 134 Å². The zero-order chi connectivity index (χ0) is 27.0. The van der Waals surface area contributed by atoms with Gasteiger partial charge in [0.1, 0.15) is 10.6 Å². The number of aryl methyl sites for hydroxylation is 1. The Hall–Kier alpha value is -3.22. The second kappa shape index (κ2) is 10.3. The van der Waals surface area contributed by atoms with E-state index in [4.69, 9.17) is 27.4 Å². The molecule has 0 aliphatic heterocycles. The number of azo groups is 1. The highest BCUT2D eigenvalue weighted by Crippen LogP contribution is 2.43. The van der Waals surface area contributed by atoms with E-state index in [0.717, 1.165) is 11.6 Å². The van der Waals surface area contributed by atoms with Crippen molar-refractivity contribution < 1.29 is 25.6 Å². The monoisotopic (exact) mass is 579 g/mol. The molecule has 4 aromatic rings. The fourth-order valence-corrected chi connectivity index (χ4v) is 5.19. The largest absolute Gasteiger partial charge is 0.386 e. The van der Waals surface area contributed by atoms with Gasteiger partial charge >= 0.3 is 10.1 Å². The summed E-state index contributed by atoms with van der Waals surface area (Å²) in [4.78, 5) is -0.703. The molecule has 9 nitrogen and oxygen atoms in total. The van der Waals surface area contributed by atoms with Crippen LogP contribution < -0.4 is 9.50 Å². The summed E-state index contributed by atoms with van der Waals surface area (Å²) >= 11 is 12.0. The number of anilines is 1. The normalized spacial score (nSPS) is 12.2. The zero-order valence-corrected chi connectivity index (χ0v) is 22.5. The van der Waals surface area contributed by atoms with Crippen molar-refractivity contribution in [1.82, 2.24) is 0 Å². The van der Waals surface area contributed by atoms with Crippen molar-refractivity contribution in [3.8, 4) is 5.75 Å². The SMILES string of the molecule is CNc1ccc2cc(S(=O)(=O)O)cc(OS(=O)(=O)c3ccc(C)cc3)c2c1N=Nc1ccc(Cl)c(Cl)c1. The van der Waals surface area contributed by atoms with Gasteiger partial charge in [-0.25, -0.2) is 0 Å². The molecule has 2 N–H and O–H groups in total. The summed E-state index contributed by atoms with van der Waals surface area (Å²) in [6, 6.07) is 15.8. The number of nitrogens with zero attached hydrogens (tertiary/aromatic N) is 2. The molecule has 0 bridgehead atoms. The minimum atomic E-state index is -4.71. The number of hydrogen-bond donors (Lipinski definition) is 2. The Morgan fingerprint density at radius 3 is 2.16 bits per heavy atom. The fraction of sp³-hybridized carbons (Fsp3) is 0.0833. The summed E-state index contributed by atoms with van der Waals surface area (Å²) in [6.07, 6.45) is 0. The smallest absolute Gasteiger partial charge is 0.339 e. The van der Waals surface area contributed by atoms with Crippen molar-refractivity contribution in [3.05, 3.63) is 82.3 Å². The van der Waals surface area contributed by atoms with E-state index in [1.165, 1.54) is 30.3 Å². The number of halogens is 2. The Morgan fingerprint density at radius 2 is 1.54 bits per heavy atom. The fourth-order valence-electron chi connectivity index (χ4n) is 3.43. The van der Waals surface area contributed by atoms with Crippen LogP contribution in [0.5, 0.6) is 5.75 Å². The van der Waals surface area contributed by atoms with Gasteiger partial charge in [-0.15, -0.1) is 5.11 Å². The summed E-state index contributed by atoms with van der Waals surface area (Å²) in [6.45, 7) is 1.80. The Kier molecular flexibility index (Phi) is 7.45. The minimum absolute atomic E-state index is 0.138. The van der Waals surface area contributed by atoms with Crippen molar-refractivity contribution in [2.45, 2.75) is 16.7 Å². The maximum Gasteiger partial charge on any atom is 0.339 e. The second-order valence-corrected chi connectivity index (χ2v) is 11.6. The molecule has 13 heteroatoms. The van der Waals surface area contributed by atoms with Gasteiger partial charge in [-0.1, -0.05) is 47.0 Å². The van der Waals surface area contributed by atoms with Crippen LogP contribution in [0.4, 0.5) is 17.1 Å². The predicted octanol–water partition coefficient (Wildman–Crippen LogP) is 6.93. The van der Waals surface area contributed by atoms with E-state index in [1.54, 1.807) is 44.3 Å². The average molecular weight is 580 g/mol. The molecule has 0 aliphatic rings. The standard InChI is InChI=1S/C24H19Cl2N3O6S2/c1-14-3-7-17(8-4-14)37(33,34)35-22-13-18(36(30,31)32)11-15-5-10-21(27-2)24(23(15)22)29-28-16-6-9-19(25)20(26)12-16/h3-13,27H,1-2H3,(H,30,31,32). The average Bonchev–Trinajstić information content (AvgIpc) is 2.83. The molecule has 37 heavy (non-hydrogen) atoms. The minimum Gasteiger partial charge on any atom is -0.386 e. The Bertz CT molecular complexity index is 1760. The molecule has 0 unspecified atom stereocenters. The van der Waals surface area contributed by atoms with E-state index in [1.807, 2.05) is 0 Å². The van der Waals surface area contributed by atoms with Crippen LogP contribution in [0.25, 0.3) is 10.8 Å². The van der Waals surface area contributed by atoms with E-state index < -0.39 is 25.1 Å². The van der Waals surface area contributed by atoms with Gasteiger partial charge in [0.2, 0.25) is 0 Å². The van der Waals surface area contributed by atoms with Crippen molar-refractivity contribution >= 4 is 71.3 Å². The molecule has 4 aromatic carbocycles. The molecule has 0 aliphatic carbocycles. The second-order valence-electron chi connectivity index (χ2n) is 7.86. The van der Waals surface area contributed by atoms with Crippen LogP contribution in [0.3, 0.4) is 0 Å². The van der Waals surface area contributed by atoms with Crippen LogP contribution in [0.15, 0.2) is 86.7 Å². The Morgan fingerprint density at radius 1 is 0.838 bits per heavy atom. The van der Waals surface area contributed by atoms with Crippen molar-refractivity contribution in [2.75, 3.05) is 12.4 Å². The lowest BCUT2D eigenvalue weighted by Crippen LogP contribution is -2.11. The quantitative estimate of drug-likeness (QED) is 0.138. The first-order chi connectivity index (χ1) is 17.4. The summed E-state index contributed by atoms with van der Waals surface area (Å²) in [5.74, 6) is -0.370. The molecule has 0 saturated carbocycles. The zero-order valence-electron chi connectivity index (χ0n) is 19.3. The van der Waals surface area contributed by atoms with E-state index in [0.29, 0.717) is 16.4 Å². The van der Waals surface area contributed by atoms with Gasteiger partial charge in [0.05, 0.1) is 31.7 Å². The van der Waals surface area contributed by atoms with Crippen LogP contribution in [0, 0.1) is 6.92 Å². The molecule has 0 radical (unpaired) electrons. The molecule has 0 atom stereocenters. The van der Waals surface area contributed by atoms with Crippen LogP contribution in [-0.2, 0) is 20.2 Å². The summed E-state index contributed by atoms with van der Waals surface area (Å²) in [5, 5.41) is 12.4. The number of fused-ring (bicyclic) bond motifs is 1. The van der Waals surface area contributed by atoms with Crippen molar-refractivity contribution in [2.24, 2.45) is 10.2 Å². The van der Waals surface area contributed by atoms with E-state index >= 15 is 0 Å². The third-order valence-electron chi connectivity index (χ3n) is 5.27. The molecule has 0 spiro atoms. The highest BCUT2D eigenvalue weighted by Gasteiger charge is 2.24. The molecular weight excluding hydrogens is 561 g/mol. The predicted molar refractivity (Wildman–Crippen MR) is 143 cm³/mol. The molecule has 0 heterocycles. The lowest BCUT2D eigenvalue weighted by molar-refractivity contribution is 0.477. The highest BCUT2D eigenvalue weighted by atomic mass is 35.5. The maximum absolute atomic E-state index is 13.1. The number of benzene rings is 4. The van der Waals surface area contributed by atoms with Crippen LogP contribution >= 0.6 is 23.2 Å². The first-order valence-electron chi connectivity index (χ1n) is 10.5. The third kappa shape index (κ3) is 5.86. The molecular formula is C24H19Cl2N3O6S2. The lowest BCUT2D eigenvalue weighted by atomic mass is 10.1. The van der Waals surface area contributed by atoms with Gasteiger partial charge in [0, 0.05) is 13.1 Å². The molecule has 0 aromatic heterocycles. The number of hydrogen-bond acceptors (Lipinski definition) is 8. The molecule has 0 fully saturated rings. The summed E-state index contributed by atoms with van der Waals surface area (Å²) in [5.41, 5.74) is 1.79. The van der Waals surface area contributed by atoms with Gasteiger partial charge in [0.15, 0.2) is 5.75 Å². The number of rotatable bonds is 7. The molecule has 192 valence electrons. The first kappa shape index (κ1) is 26.8. The van der Waals surface area contributed by atoms with Crippen molar-refractivity contribution in [1.29, 1.82) is 0 Å². The van der Waals surface area contributed by atoms with Crippen molar-refractivity contribution in [3.63, 3.8) is 0 Å². The van der Waals surface area contributed by atoms with Gasteiger partial charge in [-0.2, -0.15) is 21.9 Å².